The normalized spacial score (nSPS) is 12.5. The zero-order chi connectivity index (χ0) is 13.3. The van der Waals surface area contributed by atoms with Crippen molar-refractivity contribution < 1.29 is 8.42 Å². The van der Waals surface area contributed by atoms with E-state index in [2.05, 4.69) is 5.32 Å². The molecule has 96 valence electrons. The second-order valence-corrected chi connectivity index (χ2v) is 7.63. The number of sulfone groups is 1. The van der Waals surface area contributed by atoms with Crippen molar-refractivity contribution in [3.63, 3.8) is 0 Å². The van der Waals surface area contributed by atoms with Crippen molar-refractivity contribution in [1.82, 2.24) is 0 Å². The Kier molecular flexibility index (Phi) is 3.71. The molecule has 0 heterocycles. The van der Waals surface area contributed by atoms with E-state index in [4.69, 9.17) is 5.73 Å². The fourth-order valence-electron chi connectivity index (χ4n) is 1.28. The first-order chi connectivity index (χ1) is 7.63. The van der Waals surface area contributed by atoms with Gasteiger partial charge in [-0.3, -0.25) is 0 Å². The molecule has 5 heteroatoms. The van der Waals surface area contributed by atoms with Gasteiger partial charge in [-0.2, -0.15) is 0 Å². The monoisotopic (exact) mass is 256 g/mol. The number of benzene rings is 1. The predicted molar refractivity (Wildman–Crippen MR) is 73.0 cm³/mol. The molecule has 0 fully saturated rings. The molecular weight excluding hydrogens is 236 g/mol. The Morgan fingerprint density at radius 3 is 2.41 bits per heavy atom. The fourth-order valence-corrected chi connectivity index (χ4v) is 1.62. The minimum absolute atomic E-state index is 0.332. The predicted octanol–water partition coefficient (Wildman–Crippen LogP) is 1.81. The van der Waals surface area contributed by atoms with Crippen molar-refractivity contribution in [1.29, 1.82) is 0 Å². The molecule has 0 saturated heterocycles. The van der Waals surface area contributed by atoms with Crippen LogP contribution in [-0.2, 0) is 9.84 Å². The Labute approximate surface area is 103 Å². The number of nitrogens with two attached hydrogens (primary N) is 1. The van der Waals surface area contributed by atoms with Gasteiger partial charge in [0.25, 0.3) is 0 Å². The largest absolute Gasteiger partial charge is 0.397 e. The van der Waals surface area contributed by atoms with Gasteiger partial charge in [-0.15, -0.1) is 0 Å². The van der Waals surface area contributed by atoms with Crippen molar-refractivity contribution in [2.75, 3.05) is 23.9 Å². The average molecular weight is 256 g/mol. The lowest BCUT2D eigenvalue weighted by Crippen LogP contribution is -2.38. The SMILES string of the molecule is Cc1ccc(NCC(C)(C)S(C)(=O)=O)c(N)c1. The van der Waals surface area contributed by atoms with Crippen LogP contribution in [-0.4, -0.2) is 26.0 Å². The third-order valence-corrected chi connectivity index (χ3v) is 5.07. The molecule has 4 nitrogen and oxygen atoms in total. The molecule has 0 aliphatic carbocycles. The van der Waals surface area contributed by atoms with Gasteiger partial charge in [0, 0.05) is 12.8 Å². The lowest BCUT2D eigenvalue weighted by atomic mass is 10.1. The van der Waals surface area contributed by atoms with Gasteiger partial charge in [0.2, 0.25) is 0 Å². The third-order valence-electron chi connectivity index (χ3n) is 2.92. The Hall–Kier alpha value is -1.23. The number of hydrogen-bond donors (Lipinski definition) is 2. The standard InChI is InChI=1S/C12H20N2O2S/c1-9-5-6-11(10(13)7-9)14-8-12(2,3)17(4,15)16/h5-7,14H,8,13H2,1-4H3. The second-order valence-electron chi connectivity index (χ2n) is 4.98. The van der Waals surface area contributed by atoms with Crippen molar-refractivity contribution in [3.8, 4) is 0 Å². The van der Waals surface area contributed by atoms with Gasteiger partial charge in [0.15, 0.2) is 9.84 Å². The van der Waals surface area contributed by atoms with Crippen LogP contribution in [0.3, 0.4) is 0 Å². The Bertz CT molecular complexity index is 507. The van der Waals surface area contributed by atoms with Crippen LogP contribution in [0, 0.1) is 6.92 Å². The molecule has 0 saturated carbocycles. The van der Waals surface area contributed by atoms with E-state index in [0.29, 0.717) is 12.2 Å². The highest BCUT2D eigenvalue weighted by Gasteiger charge is 2.29. The van der Waals surface area contributed by atoms with Crippen LogP contribution in [0.5, 0.6) is 0 Å². The van der Waals surface area contributed by atoms with E-state index in [1.54, 1.807) is 13.8 Å². The zero-order valence-corrected chi connectivity index (χ0v) is 11.6. The molecule has 0 aliphatic rings. The van der Waals surface area contributed by atoms with Crippen molar-refractivity contribution in [2.24, 2.45) is 0 Å². The number of aryl methyl sites for hydroxylation is 1. The van der Waals surface area contributed by atoms with E-state index in [-0.39, 0.29) is 0 Å². The highest BCUT2D eigenvalue weighted by molar-refractivity contribution is 7.92. The van der Waals surface area contributed by atoms with Gasteiger partial charge in [-0.05, 0) is 38.5 Å². The third kappa shape index (κ3) is 3.36. The van der Waals surface area contributed by atoms with E-state index in [1.165, 1.54) is 6.26 Å². The summed E-state index contributed by atoms with van der Waals surface area (Å²) in [6.45, 7) is 5.68. The molecule has 0 aliphatic heterocycles. The summed E-state index contributed by atoms with van der Waals surface area (Å²) in [6.07, 6.45) is 1.24. The molecule has 0 radical (unpaired) electrons. The van der Waals surface area contributed by atoms with Crippen molar-refractivity contribution in [3.05, 3.63) is 23.8 Å². The average Bonchev–Trinajstić information content (AvgIpc) is 2.14. The highest BCUT2D eigenvalue weighted by atomic mass is 32.2. The Balaban J connectivity index is 2.81. The lowest BCUT2D eigenvalue weighted by molar-refractivity contribution is 0.560. The van der Waals surface area contributed by atoms with Crippen LogP contribution in [0.25, 0.3) is 0 Å². The summed E-state index contributed by atoms with van der Waals surface area (Å²) in [4.78, 5) is 0. The summed E-state index contributed by atoms with van der Waals surface area (Å²) in [5.74, 6) is 0. The minimum Gasteiger partial charge on any atom is -0.397 e. The number of hydrogen-bond acceptors (Lipinski definition) is 4. The zero-order valence-electron chi connectivity index (χ0n) is 10.7. The second kappa shape index (κ2) is 4.56. The maximum Gasteiger partial charge on any atom is 0.154 e. The van der Waals surface area contributed by atoms with Crippen LogP contribution in [0.1, 0.15) is 19.4 Å². The lowest BCUT2D eigenvalue weighted by Gasteiger charge is -2.24. The number of nitrogens with one attached hydrogen (secondary N) is 1. The summed E-state index contributed by atoms with van der Waals surface area (Å²) in [6, 6.07) is 5.66. The highest BCUT2D eigenvalue weighted by Crippen LogP contribution is 2.22. The van der Waals surface area contributed by atoms with Crippen LogP contribution in [0.15, 0.2) is 18.2 Å². The summed E-state index contributed by atoms with van der Waals surface area (Å²) in [7, 11) is -3.10. The van der Waals surface area contributed by atoms with Crippen LogP contribution < -0.4 is 11.1 Å². The van der Waals surface area contributed by atoms with E-state index < -0.39 is 14.6 Å². The topological polar surface area (TPSA) is 72.2 Å². The first kappa shape index (κ1) is 13.8. The summed E-state index contributed by atoms with van der Waals surface area (Å²) >= 11 is 0. The van der Waals surface area contributed by atoms with Crippen molar-refractivity contribution >= 4 is 21.2 Å². The van der Waals surface area contributed by atoms with E-state index in [1.807, 2.05) is 25.1 Å². The minimum atomic E-state index is -3.10. The smallest absolute Gasteiger partial charge is 0.154 e. The van der Waals surface area contributed by atoms with E-state index in [9.17, 15) is 8.42 Å². The fraction of sp³-hybridized carbons (Fsp3) is 0.500. The molecule has 1 aromatic rings. The molecule has 0 aromatic heterocycles. The quantitative estimate of drug-likeness (QED) is 0.806. The molecular formula is C12H20N2O2S. The number of anilines is 2. The summed E-state index contributed by atoms with van der Waals surface area (Å²) in [5.41, 5.74) is 8.33. The van der Waals surface area contributed by atoms with E-state index in [0.717, 1.165) is 11.3 Å². The van der Waals surface area contributed by atoms with Gasteiger partial charge in [0.1, 0.15) is 0 Å². The molecule has 0 bridgehead atoms. The maximum atomic E-state index is 11.5. The van der Waals surface area contributed by atoms with Gasteiger partial charge in [-0.25, -0.2) is 8.42 Å². The van der Waals surface area contributed by atoms with Crippen LogP contribution in [0.4, 0.5) is 11.4 Å². The maximum absolute atomic E-state index is 11.5. The molecule has 3 N–H and O–H groups in total. The Morgan fingerprint density at radius 1 is 1.35 bits per heavy atom. The number of nitrogen functional groups attached to an aromatic ring is 1. The summed E-state index contributed by atoms with van der Waals surface area (Å²) in [5, 5.41) is 3.08. The van der Waals surface area contributed by atoms with Gasteiger partial charge < -0.3 is 11.1 Å². The first-order valence-corrected chi connectivity index (χ1v) is 7.32. The van der Waals surface area contributed by atoms with Crippen LogP contribution in [0.2, 0.25) is 0 Å². The Morgan fingerprint density at radius 2 is 1.94 bits per heavy atom. The molecule has 0 atom stereocenters. The van der Waals surface area contributed by atoms with Gasteiger partial charge in [0.05, 0.1) is 16.1 Å². The van der Waals surface area contributed by atoms with Crippen molar-refractivity contribution in [2.45, 2.75) is 25.5 Å². The van der Waals surface area contributed by atoms with Gasteiger partial charge in [-0.1, -0.05) is 6.07 Å². The summed E-state index contributed by atoms with van der Waals surface area (Å²) < 4.78 is 22.3. The molecule has 0 spiro atoms. The number of rotatable bonds is 4. The van der Waals surface area contributed by atoms with Crippen LogP contribution >= 0.6 is 0 Å². The van der Waals surface area contributed by atoms with E-state index >= 15 is 0 Å². The first-order valence-electron chi connectivity index (χ1n) is 5.43. The molecule has 1 rings (SSSR count). The molecule has 0 amide bonds. The molecule has 0 unspecified atom stereocenters. The molecule has 17 heavy (non-hydrogen) atoms. The van der Waals surface area contributed by atoms with Gasteiger partial charge >= 0.3 is 0 Å². The molecule has 1 aromatic carbocycles.